The van der Waals surface area contributed by atoms with E-state index >= 15 is 0 Å². The normalized spacial score (nSPS) is 17.1. The zero-order valence-electron chi connectivity index (χ0n) is 10.5. The molecule has 2 heterocycles. The molecule has 0 saturated carbocycles. The second-order valence-corrected chi connectivity index (χ2v) is 5.68. The summed E-state index contributed by atoms with van der Waals surface area (Å²) in [6.45, 7) is 7.33. The molecule has 0 fully saturated rings. The van der Waals surface area contributed by atoms with Crippen molar-refractivity contribution >= 4 is 18.5 Å². The molecule has 0 saturated heterocycles. The molecule has 1 aromatic heterocycles. The molecule has 0 radical (unpaired) electrons. The molecule has 0 bridgehead atoms. The second-order valence-electron chi connectivity index (χ2n) is 4.91. The summed E-state index contributed by atoms with van der Waals surface area (Å²) in [6, 6.07) is 0. The highest BCUT2D eigenvalue weighted by molar-refractivity contribution is 7.80. The Kier molecular flexibility index (Phi) is 3.47. The Hall–Kier alpha value is -0.970. The summed E-state index contributed by atoms with van der Waals surface area (Å²) in [5.74, 6) is 0.272. The first kappa shape index (κ1) is 12.5. The molecule has 1 N–H and O–H groups in total. The molecular formula is C12H19N3OS. The Labute approximate surface area is 107 Å². The third-order valence-electron chi connectivity index (χ3n) is 3.17. The number of nitrogens with zero attached hydrogens (tertiary/aromatic N) is 2. The minimum Gasteiger partial charge on any atom is -0.336 e. The molecule has 1 aliphatic rings. The van der Waals surface area contributed by atoms with Crippen LogP contribution >= 0.6 is 12.6 Å². The van der Waals surface area contributed by atoms with Crippen LogP contribution in [0.3, 0.4) is 0 Å². The van der Waals surface area contributed by atoms with Crippen molar-refractivity contribution in [3.05, 3.63) is 17.0 Å². The minimum absolute atomic E-state index is 0.0581. The number of aromatic amines is 1. The zero-order chi connectivity index (χ0) is 12.6. The van der Waals surface area contributed by atoms with Gasteiger partial charge in [-0.2, -0.15) is 17.7 Å². The van der Waals surface area contributed by atoms with Crippen molar-refractivity contribution in [1.29, 1.82) is 0 Å². The van der Waals surface area contributed by atoms with Crippen LogP contribution in [0.1, 0.15) is 43.0 Å². The van der Waals surface area contributed by atoms with E-state index < -0.39 is 0 Å². The highest BCUT2D eigenvalue weighted by Crippen LogP contribution is 2.27. The van der Waals surface area contributed by atoms with Crippen LogP contribution in [0, 0.1) is 5.92 Å². The summed E-state index contributed by atoms with van der Waals surface area (Å²) in [4.78, 5) is 13.8. The maximum atomic E-state index is 11.9. The van der Waals surface area contributed by atoms with Crippen molar-refractivity contribution in [2.75, 3.05) is 6.54 Å². The number of hydrogen-bond acceptors (Lipinski definition) is 3. The molecule has 2 rings (SSSR count). The van der Waals surface area contributed by atoms with Gasteiger partial charge in [-0.25, -0.2) is 0 Å². The van der Waals surface area contributed by atoms with Gasteiger partial charge in [-0.05, 0) is 13.3 Å². The van der Waals surface area contributed by atoms with Gasteiger partial charge in [0.1, 0.15) is 0 Å². The summed E-state index contributed by atoms with van der Waals surface area (Å²) >= 11 is 4.42. The van der Waals surface area contributed by atoms with Gasteiger partial charge in [0.15, 0.2) is 0 Å². The second kappa shape index (κ2) is 4.72. The van der Waals surface area contributed by atoms with Crippen molar-refractivity contribution in [2.24, 2.45) is 5.92 Å². The van der Waals surface area contributed by atoms with E-state index in [2.05, 4.69) is 22.8 Å². The molecule has 94 valence electrons. The van der Waals surface area contributed by atoms with Gasteiger partial charge in [-0.1, -0.05) is 13.8 Å². The summed E-state index contributed by atoms with van der Waals surface area (Å²) in [5.41, 5.74) is 3.35. The van der Waals surface area contributed by atoms with E-state index in [0.29, 0.717) is 6.54 Å². The summed E-state index contributed by atoms with van der Waals surface area (Å²) in [7, 11) is 0. The molecule has 0 aromatic carbocycles. The Morgan fingerprint density at radius 3 is 2.76 bits per heavy atom. The highest BCUT2D eigenvalue weighted by Gasteiger charge is 2.26. The van der Waals surface area contributed by atoms with Gasteiger partial charge >= 0.3 is 0 Å². The minimum atomic E-state index is 0.0581. The van der Waals surface area contributed by atoms with E-state index in [1.807, 2.05) is 25.7 Å². The van der Waals surface area contributed by atoms with E-state index in [4.69, 9.17) is 0 Å². The van der Waals surface area contributed by atoms with Crippen molar-refractivity contribution in [2.45, 2.75) is 39.0 Å². The largest absolute Gasteiger partial charge is 0.336 e. The number of H-pyrrole nitrogens is 1. The van der Waals surface area contributed by atoms with Gasteiger partial charge in [-0.15, -0.1) is 0 Å². The maximum absolute atomic E-state index is 11.9. The fraction of sp³-hybridized carbons (Fsp3) is 0.667. The van der Waals surface area contributed by atoms with E-state index in [1.165, 1.54) is 5.56 Å². The third kappa shape index (κ3) is 2.34. The molecule has 0 spiro atoms. The number of nitrogens with one attached hydrogen (secondary N) is 1. The van der Waals surface area contributed by atoms with Crippen LogP contribution in [-0.2, 0) is 17.8 Å². The number of carbonyl (C=O) groups is 1. The molecule has 1 unspecified atom stereocenters. The highest BCUT2D eigenvalue weighted by atomic mass is 32.1. The molecule has 0 aliphatic carbocycles. The first-order valence-electron chi connectivity index (χ1n) is 6.03. The van der Waals surface area contributed by atoms with Crippen LogP contribution in [0.25, 0.3) is 0 Å². The van der Waals surface area contributed by atoms with Gasteiger partial charge < -0.3 is 4.90 Å². The summed E-state index contributed by atoms with van der Waals surface area (Å²) < 4.78 is 0. The molecule has 17 heavy (non-hydrogen) atoms. The molecule has 1 amide bonds. The first-order chi connectivity index (χ1) is 8.00. The van der Waals surface area contributed by atoms with E-state index in [-0.39, 0.29) is 17.1 Å². The number of hydrogen-bond donors (Lipinski definition) is 2. The van der Waals surface area contributed by atoms with Crippen molar-refractivity contribution in [3.63, 3.8) is 0 Å². The maximum Gasteiger partial charge on any atom is 0.225 e. The van der Waals surface area contributed by atoms with Gasteiger partial charge in [-0.3, -0.25) is 9.89 Å². The van der Waals surface area contributed by atoms with E-state index in [1.54, 1.807) is 0 Å². The van der Waals surface area contributed by atoms with Gasteiger partial charge in [0.2, 0.25) is 5.91 Å². The number of fused-ring (bicyclic) bond motifs is 1. The smallest absolute Gasteiger partial charge is 0.225 e. The molecule has 4 nitrogen and oxygen atoms in total. The Morgan fingerprint density at radius 2 is 2.18 bits per heavy atom. The monoisotopic (exact) mass is 253 g/mol. The van der Waals surface area contributed by atoms with Crippen LogP contribution < -0.4 is 0 Å². The third-order valence-corrected chi connectivity index (χ3v) is 3.41. The van der Waals surface area contributed by atoms with Crippen molar-refractivity contribution in [1.82, 2.24) is 15.1 Å². The predicted octanol–water partition coefficient (Wildman–Crippen LogP) is 1.94. The van der Waals surface area contributed by atoms with E-state index in [9.17, 15) is 4.79 Å². The van der Waals surface area contributed by atoms with Gasteiger partial charge in [0.05, 0.1) is 17.9 Å². The zero-order valence-corrected chi connectivity index (χ0v) is 11.4. The lowest BCUT2D eigenvalue weighted by Crippen LogP contribution is -2.38. The molecule has 1 atom stereocenters. The predicted molar refractivity (Wildman–Crippen MR) is 69.9 cm³/mol. The first-order valence-corrected chi connectivity index (χ1v) is 6.55. The quantitative estimate of drug-likeness (QED) is 0.791. The van der Waals surface area contributed by atoms with Crippen molar-refractivity contribution in [3.8, 4) is 0 Å². The number of aromatic nitrogens is 2. The van der Waals surface area contributed by atoms with Gasteiger partial charge in [0.25, 0.3) is 0 Å². The van der Waals surface area contributed by atoms with Crippen LogP contribution in [0.15, 0.2) is 0 Å². The van der Waals surface area contributed by atoms with Crippen molar-refractivity contribution < 1.29 is 4.79 Å². The number of thiol groups is 1. The fourth-order valence-corrected chi connectivity index (χ4v) is 2.46. The fourth-order valence-electron chi connectivity index (χ4n) is 2.24. The Morgan fingerprint density at radius 1 is 1.47 bits per heavy atom. The van der Waals surface area contributed by atoms with E-state index in [0.717, 1.165) is 24.4 Å². The van der Waals surface area contributed by atoms with Crippen LogP contribution in [0.5, 0.6) is 0 Å². The van der Waals surface area contributed by atoms with Gasteiger partial charge in [0, 0.05) is 23.3 Å². The molecule has 1 aromatic rings. The Bertz CT molecular complexity index is 425. The lowest BCUT2D eigenvalue weighted by atomic mass is 10.0. The SMILES string of the molecule is CC(C)C(=O)N1CCc2c(C(C)S)n[nH]c2C1. The van der Waals surface area contributed by atoms with Crippen LogP contribution in [0.4, 0.5) is 0 Å². The lowest BCUT2D eigenvalue weighted by Gasteiger charge is -2.28. The summed E-state index contributed by atoms with van der Waals surface area (Å²) in [6.07, 6.45) is 0.879. The lowest BCUT2D eigenvalue weighted by molar-refractivity contribution is -0.135. The molecular weight excluding hydrogens is 234 g/mol. The number of amides is 1. The topological polar surface area (TPSA) is 49.0 Å². The van der Waals surface area contributed by atoms with Crippen LogP contribution in [0.2, 0.25) is 0 Å². The Balaban J connectivity index is 2.18. The van der Waals surface area contributed by atoms with Crippen LogP contribution in [-0.4, -0.2) is 27.5 Å². The molecule has 5 heteroatoms. The molecule has 1 aliphatic heterocycles. The summed E-state index contributed by atoms with van der Waals surface area (Å²) in [5, 5.41) is 7.48. The standard InChI is InChI=1S/C12H19N3OS/c1-7(2)12(16)15-5-4-9-10(6-15)13-14-11(9)8(3)17/h7-8,17H,4-6H2,1-3H3,(H,13,14). The number of carbonyl (C=O) groups excluding carboxylic acids is 1. The number of rotatable bonds is 2. The average Bonchev–Trinajstić information content (AvgIpc) is 2.70. The average molecular weight is 253 g/mol.